The van der Waals surface area contributed by atoms with Crippen molar-refractivity contribution in [1.82, 2.24) is 49.0 Å². The molecule has 9 aromatic rings. The number of ether oxygens (including phenoxy) is 4. The molecule has 25 nitrogen and oxygen atoms in total. The number of carbonyl (C=O) groups excluding carboxylic acids is 1. The molecule has 5 N–H and O–H groups in total. The molecule has 0 saturated carbocycles. The van der Waals surface area contributed by atoms with Gasteiger partial charge in [-0.05, 0) is 71.0 Å². The lowest BCUT2D eigenvalue weighted by Gasteiger charge is -2.30. The summed E-state index contributed by atoms with van der Waals surface area (Å²) in [6.07, 6.45) is -10.5. The number of nitrogens with zero attached hydrogens (tertiary/aromatic N) is 10. The van der Waals surface area contributed by atoms with Crippen molar-refractivity contribution in [2.75, 3.05) is 43.2 Å². The van der Waals surface area contributed by atoms with Crippen LogP contribution in [0.5, 0.6) is 11.5 Å². The Morgan fingerprint density at radius 3 is 2.24 bits per heavy atom. The molecular weight excluding hydrogens is 1150 g/mol. The number of esters is 1. The molecule has 10 atom stereocenters. The summed E-state index contributed by atoms with van der Waals surface area (Å²) in [5, 5.41) is 9.18. The lowest BCUT2D eigenvalue weighted by Crippen LogP contribution is -2.37. The molecule has 2 radical (unpaired) electrons. The maximum absolute atomic E-state index is 17.0. The summed E-state index contributed by atoms with van der Waals surface area (Å²) in [4.78, 5) is 47.2. The zero-order valence-electron chi connectivity index (χ0n) is 44.1. The van der Waals surface area contributed by atoms with Gasteiger partial charge in [0.2, 0.25) is 13.5 Å². The third kappa shape index (κ3) is 10.6. The Kier molecular flexibility index (Phi) is 14.7. The second kappa shape index (κ2) is 22.3. The maximum atomic E-state index is 17.0. The van der Waals surface area contributed by atoms with E-state index in [9.17, 15) is 14.2 Å². The second-order valence-electron chi connectivity index (χ2n) is 20.0. The monoisotopic (exact) mass is 1200 g/mol. The SMILES string of the molecule is [B][P@]1(=O)OC[C@H]2O[C@@H](n3cnc4c(N)ccnc43)[C@H](F)[C@@H]2O[P@@](=O)(SCc2ccc(OC(=O)c3ccc(OCCn4nnc5c4-c4ccccc4CN(C)c4ccccc4-5)cc3)cc2)OC[C@H]2O[C@@H](n3cnc4c(=O)[nH]c(N)nc43)[C@H](F)[C@@H]2O1. The molecule has 4 aliphatic rings. The van der Waals surface area contributed by atoms with Crippen molar-refractivity contribution in [3.8, 4) is 34.0 Å². The van der Waals surface area contributed by atoms with E-state index in [2.05, 4.69) is 65.4 Å². The van der Waals surface area contributed by atoms with Crippen molar-refractivity contribution in [2.45, 2.75) is 68.1 Å². The fourth-order valence-corrected chi connectivity index (χ4v) is 14.9. The topological polar surface area (TPSA) is 305 Å². The van der Waals surface area contributed by atoms with E-state index >= 15 is 13.3 Å². The number of carbonyl (C=O) groups is 1. The molecule has 0 spiro atoms. The number of anilines is 3. The van der Waals surface area contributed by atoms with E-state index < -0.39 is 88.2 Å². The van der Waals surface area contributed by atoms with Crippen LogP contribution in [0, 0.1) is 0 Å². The Labute approximate surface area is 480 Å². The van der Waals surface area contributed by atoms with E-state index in [1.54, 1.807) is 36.4 Å². The molecule has 31 heteroatoms. The summed E-state index contributed by atoms with van der Waals surface area (Å²) in [5.41, 5.74) is 18.1. The third-order valence-corrected chi connectivity index (χ3v) is 19.2. The number of fused-ring (bicyclic) bond motifs is 9. The van der Waals surface area contributed by atoms with E-state index in [-0.39, 0.29) is 57.6 Å². The fraction of sp³-hybridized carbons (Fsp3) is 0.283. The molecule has 3 saturated heterocycles. The quantitative estimate of drug-likeness (QED) is 0.0488. The van der Waals surface area contributed by atoms with Crippen LogP contribution in [0.4, 0.5) is 26.1 Å². The number of hydrogen-bond donors (Lipinski definition) is 3. The normalized spacial score (nSPS) is 26.0. The molecule has 0 bridgehead atoms. The first-order valence-corrected chi connectivity index (χ1v) is 30.9. The molecule has 430 valence electrons. The first kappa shape index (κ1) is 55.4. The van der Waals surface area contributed by atoms with Gasteiger partial charge in [0, 0.05) is 42.4 Å². The first-order valence-electron chi connectivity index (χ1n) is 26.1. The highest BCUT2D eigenvalue weighted by molar-refractivity contribution is 8.54. The Morgan fingerprint density at radius 1 is 0.810 bits per heavy atom. The standard InChI is InChI=1S/C53H48BF2N13O12P2S/c1-66-22-30-6-2-3-7-33(30)44-41(34-8-4-5-9-36(34)66)64-65-69(44)20-21-74-31-16-12-29(13-17-31)52(71)77-32-14-10-28(11-15-32)25-84-83(73)76-24-38-45(39(55)51(79-38)68-27-61-43-48(68)62-53(58)63-49(43)70)80-82(54,72)75-23-37-46(81-83)40(56)50(78-37)67-26-60-42-35(57)18-19-59-47(42)67/h2-19,26-27,37-40,45-46,50-51H,20-25H2,1H3,(H2,57,59)(H3,58,62,63,70)/t37-,38-,39-,40-,45-,46-,50-,51-,82+,83+/m1/s1. The summed E-state index contributed by atoms with van der Waals surface area (Å²) in [7, 11) is 3.34. The minimum atomic E-state index is -4.77. The van der Waals surface area contributed by atoms with E-state index in [0.29, 0.717) is 35.8 Å². The van der Waals surface area contributed by atoms with Crippen molar-refractivity contribution < 1.29 is 59.7 Å². The number of nitrogens with one attached hydrogen (secondary N) is 1. The molecule has 0 aliphatic carbocycles. The lowest BCUT2D eigenvalue weighted by molar-refractivity contribution is -0.0546. The Bertz CT molecular complexity index is 4150. The number of nitrogens with two attached hydrogens (primary N) is 2. The summed E-state index contributed by atoms with van der Waals surface area (Å²) in [6.45, 7) is -4.84. The van der Waals surface area contributed by atoms with Crippen LogP contribution >= 0.6 is 25.7 Å². The van der Waals surface area contributed by atoms with E-state index in [0.717, 1.165) is 44.7 Å². The van der Waals surface area contributed by atoms with Crippen LogP contribution in [0.2, 0.25) is 0 Å². The average Bonchev–Trinajstić information content (AvgIpc) is 3.10. The largest absolute Gasteiger partial charge is 0.492 e. The molecular formula is C53H48BF2N13O12P2S. The lowest BCUT2D eigenvalue weighted by atomic mass is 9.96. The van der Waals surface area contributed by atoms with Gasteiger partial charge < -0.3 is 44.4 Å². The summed E-state index contributed by atoms with van der Waals surface area (Å²) >= 11 is 0.645. The molecule has 13 rings (SSSR count). The van der Waals surface area contributed by atoms with Gasteiger partial charge in [-0.2, -0.15) is 4.98 Å². The third-order valence-electron chi connectivity index (χ3n) is 14.5. The molecule has 0 unspecified atom stereocenters. The highest BCUT2D eigenvalue weighted by Gasteiger charge is 2.55. The van der Waals surface area contributed by atoms with E-state index in [1.165, 1.54) is 35.3 Å². The number of rotatable bonds is 11. The van der Waals surface area contributed by atoms with Crippen molar-refractivity contribution in [1.29, 1.82) is 0 Å². The molecule has 5 aromatic heterocycles. The van der Waals surface area contributed by atoms with Gasteiger partial charge in [0.15, 0.2) is 41.6 Å². The Morgan fingerprint density at radius 2 is 1.48 bits per heavy atom. The number of para-hydroxylation sites is 1. The zero-order chi connectivity index (χ0) is 58.0. The number of aromatic amines is 1. The molecule has 0 amide bonds. The number of aromatic nitrogens is 10. The number of nitrogen functional groups attached to an aromatic ring is 2. The molecule has 84 heavy (non-hydrogen) atoms. The molecule has 3 fully saturated rings. The van der Waals surface area contributed by atoms with Gasteiger partial charge in [-0.15, -0.1) is 5.10 Å². The Hall–Kier alpha value is -7.85. The van der Waals surface area contributed by atoms with Crippen molar-refractivity contribution >= 4 is 78.8 Å². The second-order valence-corrected chi connectivity index (χ2v) is 25.5. The zero-order valence-corrected chi connectivity index (χ0v) is 46.7. The Balaban J connectivity index is 0.693. The van der Waals surface area contributed by atoms with Gasteiger partial charge in [-0.1, -0.05) is 59.8 Å². The van der Waals surface area contributed by atoms with Crippen LogP contribution in [0.3, 0.4) is 0 Å². The van der Waals surface area contributed by atoms with Crippen LogP contribution in [0.1, 0.15) is 33.9 Å². The molecule has 4 aromatic carbocycles. The fourth-order valence-electron chi connectivity index (χ4n) is 10.5. The minimum absolute atomic E-state index is 0.101. The van der Waals surface area contributed by atoms with Gasteiger partial charge in [0.25, 0.3) is 13.0 Å². The molecule has 9 heterocycles. The van der Waals surface area contributed by atoms with Crippen molar-refractivity contribution in [3.63, 3.8) is 0 Å². The smallest absolute Gasteiger partial charge is 0.389 e. The number of pyridine rings is 1. The van der Waals surface area contributed by atoms with Crippen LogP contribution in [-0.4, -0.2) is 126 Å². The minimum Gasteiger partial charge on any atom is -0.492 e. The number of imidazole rings is 2. The summed E-state index contributed by atoms with van der Waals surface area (Å²) in [6, 6.07) is 30.6. The highest BCUT2D eigenvalue weighted by atomic mass is 32.7. The van der Waals surface area contributed by atoms with Gasteiger partial charge in [0.05, 0.1) is 49.4 Å². The summed E-state index contributed by atoms with van der Waals surface area (Å²) < 4.78 is 114. The maximum Gasteiger partial charge on any atom is 0.389 e. The average molecular weight is 1200 g/mol. The van der Waals surface area contributed by atoms with Crippen molar-refractivity contribution in [2.24, 2.45) is 0 Å². The predicted molar refractivity (Wildman–Crippen MR) is 302 cm³/mol. The van der Waals surface area contributed by atoms with Crippen LogP contribution < -0.4 is 31.4 Å². The molecule has 4 aliphatic heterocycles. The van der Waals surface area contributed by atoms with Gasteiger partial charge in [-0.25, -0.2) is 37.8 Å². The van der Waals surface area contributed by atoms with E-state index in [1.807, 2.05) is 35.0 Å². The van der Waals surface area contributed by atoms with E-state index in [4.69, 9.17) is 56.1 Å². The highest BCUT2D eigenvalue weighted by Crippen LogP contribution is 2.65. The summed E-state index contributed by atoms with van der Waals surface area (Å²) in [5.74, 6) is -0.350. The number of halogens is 2. The predicted octanol–water partition coefficient (Wildman–Crippen LogP) is 7.51. The first-order chi connectivity index (χ1) is 40.6. The van der Waals surface area contributed by atoms with Crippen LogP contribution in [0.15, 0.2) is 127 Å². The van der Waals surface area contributed by atoms with Crippen LogP contribution in [-0.2, 0) is 55.5 Å². The van der Waals surface area contributed by atoms with Gasteiger partial charge in [0.1, 0.15) is 53.7 Å². The number of H-pyrrole nitrogens is 1. The number of alkyl halides is 2. The number of hydrogen-bond acceptors (Lipinski definition) is 22. The van der Waals surface area contributed by atoms with Gasteiger partial charge >= 0.3 is 12.8 Å². The number of benzene rings is 4. The van der Waals surface area contributed by atoms with Gasteiger partial charge in [-0.3, -0.25) is 32.5 Å². The van der Waals surface area contributed by atoms with Crippen LogP contribution in [0.25, 0.3) is 44.8 Å². The van der Waals surface area contributed by atoms with Crippen molar-refractivity contribution in [3.05, 3.63) is 149 Å².